The normalized spacial score (nSPS) is 10.0. The lowest BCUT2D eigenvalue weighted by molar-refractivity contribution is -0.128. The van der Waals surface area contributed by atoms with Gasteiger partial charge in [-0.25, -0.2) is 5.48 Å². The van der Waals surface area contributed by atoms with Crippen molar-refractivity contribution in [1.29, 1.82) is 0 Å². The van der Waals surface area contributed by atoms with Crippen molar-refractivity contribution in [1.82, 2.24) is 5.48 Å². The molecule has 0 aromatic heterocycles. The second kappa shape index (κ2) is 5.23. The predicted octanol–water partition coefficient (Wildman–Crippen LogP) is 1.13. The van der Waals surface area contributed by atoms with Crippen LogP contribution in [0.5, 0.6) is 0 Å². The molecule has 0 heterocycles. The Bertz CT molecular complexity index is 102. The van der Waals surface area contributed by atoms with Crippen LogP contribution in [-0.4, -0.2) is 11.1 Å². The Morgan fingerprint density at radius 2 is 2.30 bits per heavy atom. The van der Waals surface area contributed by atoms with Gasteiger partial charge >= 0.3 is 0 Å². The molecular formula is C7H14NO2. The number of hydroxylamine groups is 1. The molecule has 3 nitrogen and oxygen atoms in total. The van der Waals surface area contributed by atoms with E-state index in [9.17, 15) is 4.79 Å². The minimum absolute atomic E-state index is 0.300. The molecule has 59 valence electrons. The summed E-state index contributed by atoms with van der Waals surface area (Å²) < 4.78 is 0. The Labute approximate surface area is 61.4 Å². The number of nitrogens with one attached hydrogen (secondary N) is 1. The van der Waals surface area contributed by atoms with E-state index in [1.54, 1.807) is 5.48 Å². The summed E-state index contributed by atoms with van der Waals surface area (Å²) in [6.45, 7) is 4.15. The smallest absolute Gasteiger partial charge is 0.243 e. The van der Waals surface area contributed by atoms with E-state index in [0.717, 1.165) is 6.42 Å². The molecule has 0 atom stereocenters. The van der Waals surface area contributed by atoms with Gasteiger partial charge in [0.2, 0.25) is 5.91 Å². The largest absolute Gasteiger partial charge is 0.289 e. The van der Waals surface area contributed by atoms with Crippen molar-refractivity contribution in [3.05, 3.63) is 6.42 Å². The fraction of sp³-hybridized carbons (Fsp3) is 0.714. The Hall–Kier alpha value is -0.570. The first kappa shape index (κ1) is 9.43. The first-order valence-corrected chi connectivity index (χ1v) is 3.41. The Morgan fingerprint density at radius 3 is 2.70 bits per heavy atom. The summed E-state index contributed by atoms with van der Waals surface area (Å²) in [5.74, 6) is 0.229. The minimum atomic E-state index is -0.347. The van der Waals surface area contributed by atoms with E-state index in [0.29, 0.717) is 12.3 Å². The van der Waals surface area contributed by atoms with Crippen molar-refractivity contribution in [3.8, 4) is 0 Å². The van der Waals surface area contributed by atoms with Crippen molar-refractivity contribution in [2.24, 2.45) is 5.92 Å². The third-order valence-electron chi connectivity index (χ3n) is 1.09. The molecule has 0 fully saturated rings. The van der Waals surface area contributed by atoms with Gasteiger partial charge in [0.05, 0.1) is 0 Å². The third kappa shape index (κ3) is 5.56. The SMILES string of the molecule is CC(C)C[CH]CC(=O)NO. The van der Waals surface area contributed by atoms with Gasteiger partial charge in [-0.15, -0.1) is 0 Å². The predicted molar refractivity (Wildman–Crippen MR) is 38.3 cm³/mol. The van der Waals surface area contributed by atoms with Crippen LogP contribution in [0, 0.1) is 12.3 Å². The lowest BCUT2D eigenvalue weighted by atomic mass is 10.1. The first-order chi connectivity index (χ1) is 4.66. The van der Waals surface area contributed by atoms with E-state index < -0.39 is 0 Å². The molecule has 0 aliphatic carbocycles. The molecule has 0 aromatic rings. The van der Waals surface area contributed by atoms with Gasteiger partial charge in [-0.2, -0.15) is 0 Å². The zero-order chi connectivity index (χ0) is 7.98. The molecule has 2 N–H and O–H groups in total. The number of hydrogen-bond donors (Lipinski definition) is 2. The minimum Gasteiger partial charge on any atom is -0.289 e. The van der Waals surface area contributed by atoms with E-state index in [2.05, 4.69) is 13.8 Å². The van der Waals surface area contributed by atoms with Gasteiger partial charge in [0, 0.05) is 6.42 Å². The molecule has 1 radical (unpaired) electrons. The fourth-order valence-corrected chi connectivity index (χ4v) is 0.593. The average Bonchev–Trinajstić information content (AvgIpc) is 1.87. The van der Waals surface area contributed by atoms with Crippen LogP contribution in [0.15, 0.2) is 0 Å². The summed E-state index contributed by atoms with van der Waals surface area (Å²) in [5, 5.41) is 8.08. The van der Waals surface area contributed by atoms with Crippen molar-refractivity contribution < 1.29 is 10.0 Å². The molecule has 0 aliphatic heterocycles. The second-order valence-electron chi connectivity index (χ2n) is 2.66. The molecule has 0 saturated carbocycles. The van der Waals surface area contributed by atoms with E-state index in [1.165, 1.54) is 0 Å². The van der Waals surface area contributed by atoms with Crippen LogP contribution in [0.3, 0.4) is 0 Å². The van der Waals surface area contributed by atoms with Crippen LogP contribution in [0.1, 0.15) is 26.7 Å². The van der Waals surface area contributed by atoms with Gasteiger partial charge in [0.15, 0.2) is 0 Å². The van der Waals surface area contributed by atoms with Gasteiger partial charge in [-0.3, -0.25) is 10.0 Å². The Balaban J connectivity index is 3.12. The summed E-state index contributed by atoms with van der Waals surface area (Å²) in [7, 11) is 0. The van der Waals surface area contributed by atoms with Gasteiger partial charge in [0.25, 0.3) is 0 Å². The quantitative estimate of drug-likeness (QED) is 0.459. The maximum atomic E-state index is 10.4. The highest BCUT2D eigenvalue weighted by molar-refractivity contribution is 5.75. The summed E-state index contributed by atoms with van der Waals surface area (Å²) in [4.78, 5) is 10.4. The number of carbonyl (C=O) groups excluding carboxylic acids is 1. The summed E-state index contributed by atoms with van der Waals surface area (Å²) in [6, 6.07) is 0. The van der Waals surface area contributed by atoms with Crippen molar-refractivity contribution in [2.45, 2.75) is 26.7 Å². The standard InChI is InChI=1S/C7H14NO2/c1-6(2)4-3-5-7(9)8-10/h3,6,10H,4-5H2,1-2H3,(H,8,9). The molecule has 0 spiro atoms. The highest BCUT2D eigenvalue weighted by Gasteiger charge is 1.99. The van der Waals surface area contributed by atoms with Crippen molar-refractivity contribution in [3.63, 3.8) is 0 Å². The van der Waals surface area contributed by atoms with E-state index in [4.69, 9.17) is 5.21 Å². The topological polar surface area (TPSA) is 49.3 Å². The maximum absolute atomic E-state index is 10.4. The zero-order valence-corrected chi connectivity index (χ0v) is 6.42. The zero-order valence-electron chi connectivity index (χ0n) is 6.42. The molecule has 0 aliphatic rings. The van der Waals surface area contributed by atoms with E-state index >= 15 is 0 Å². The lowest BCUT2D eigenvalue weighted by Crippen LogP contribution is -2.18. The number of hydrogen-bond acceptors (Lipinski definition) is 2. The molecule has 10 heavy (non-hydrogen) atoms. The third-order valence-corrected chi connectivity index (χ3v) is 1.09. The fourth-order valence-electron chi connectivity index (χ4n) is 0.593. The number of rotatable bonds is 4. The number of carbonyl (C=O) groups is 1. The van der Waals surface area contributed by atoms with Crippen molar-refractivity contribution in [2.75, 3.05) is 0 Å². The van der Waals surface area contributed by atoms with Crippen LogP contribution >= 0.6 is 0 Å². The lowest BCUT2D eigenvalue weighted by Gasteiger charge is -2.01. The molecule has 3 heteroatoms. The molecule has 0 bridgehead atoms. The van der Waals surface area contributed by atoms with Crippen LogP contribution in [-0.2, 0) is 4.79 Å². The summed E-state index contributed by atoms with van der Waals surface area (Å²) >= 11 is 0. The summed E-state index contributed by atoms with van der Waals surface area (Å²) in [5.41, 5.74) is 1.57. The molecule has 0 aromatic carbocycles. The van der Waals surface area contributed by atoms with Gasteiger partial charge in [-0.1, -0.05) is 13.8 Å². The Kier molecular flexibility index (Phi) is 4.94. The van der Waals surface area contributed by atoms with Gasteiger partial charge < -0.3 is 0 Å². The first-order valence-electron chi connectivity index (χ1n) is 3.41. The highest BCUT2D eigenvalue weighted by Crippen LogP contribution is 2.04. The number of amides is 1. The van der Waals surface area contributed by atoms with E-state index in [-0.39, 0.29) is 5.91 Å². The van der Waals surface area contributed by atoms with Crippen LogP contribution < -0.4 is 5.48 Å². The van der Waals surface area contributed by atoms with Gasteiger partial charge in [-0.05, 0) is 18.8 Å². The monoisotopic (exact) mass is 144 g/mol. The van der Waals surface area contributed by atoms with Crippen LogP contribution in [0.4, 0.5) is 0 Å². The average molecular weight is 144 g/mol. The molecule has 0 rings (SSSR count). The van der Waals surface area contributed by atoms with Crippen LogP contribution in [0.25, 0.3) is 0 Å². The van der Waals surface area contributed by atoms with Gasteiger partial charge in [0.1, 0.15) is 0 Å². The highest BCUT2D eigenvalue weighted by atomic mass is 16.5. The second-order valence-corrected chi connectivity index (χ2v) is 2.66. The maximum Gasteiger partial charge on any atom is 0.243 e. The van der Waals surface area contributed by atoms with Crippen LogP contribution in [0.2, 0.25) is 0 Å². The van der Waals surface area contributed by atoms with Crippen molar-refractivity contribution >= 4 is 5.91 Å². The Morgan fingerprint density at radius 1 is 1.70 bits per heavy atom. The molecule has 1 amide bonds. The molecule has 0 saturated heterocycles. The molecule has 0 unspecified atom stereocenters. The molecular weight excluding hydrogens is 130 g/mol. The summed E-state index contributed by atoms with van der Waals surface area (Å²) in [6.07, 6.45) is 3.07. The van der Waals surface area contributed by atoms with E-state index in [1.807, 2.05) is 6.42 Å².